The molecule has 2 atom stereocenters. The van der Waals surface area contributed by atoms with Crippen LogP contribution in [-0.2, 0) is 0 Å². The van der Waals surface area contributed by atoms with Gasteiger partial charge in [0, 0.05) is 17.3 Å². The van der Waals surface area contributed by atoms with Crippen LogP contribution in [0, 0.1) is 5.92 Å². The van der Waals surface area contributed by atoms with Crippen molar-refractivity contribution in [3.8, 4) is 0 Å². The number of rotatable bonds is 7. The number of nitrogens with two attached hydrogens (primary N) is 1. The van der Waals surface area contributed by atoms with Gasteiger partial charge in [-0.15, -0.1) is 0 Å². The van der Waals surface area contributed by atoms with Crippen LogP contribution in [0.3, 0.4) is 0 Å². The first-order chi connectivity index (χ1) is 7.71. The van der Waals surface area contributed by atoms with Gasteiger partial charge in [-0.1, -0.05) is 20.3 Å². The molecule has 0 aromatic rings. The molecule has 0 radical (unpaired) electrons. The van der Waals surface area contributed by atoms with Gasteiger partial charge in [0.15, 0.2) is 0 Å². The lowest BCUT2D eigenvalue weighted by Gasteiger charge is -2.32. The average molecular weight is 244 g/mol. The quantitative estimate of drug-likeness (QED) is 0.723. The zero-order valence-corrected chi connectivity index (χ0v) is 11.9. The fourth-order valence-electron chi connectivity index (χ4n) is 2.77. The third-order valence-electron chi connectivity index (χ3n) is 4.37. The van der Waals surface area contributed by atoms with Crippen molar-refractivity contribution in [2.24, 2.45) is 11.7 Å². The number of thioether (sulfide) groups is 1. The van der Waals surface area contributed by atoms with E-state index in [1.807, 2.05) is 11.8 Å². The molecule has 1 rings (SSSR count). The second kappa shape index (κ2) is 6.87. The molecule has 1 aliphatic rings. The summed E-state index contributed by atoms with van der Waals surface area (Å²) in [5.41, 5.74) is 5.82. The van der Waals surface area contributed by atoms with Crippen LogP contribution < -0.4 is 11.1 Å². The van der Waals surface area contributed by atoms with Crippen molar-refractivity contribution in [3.63, 3.8) is 0 Å². The lowest BCUT2D eigenvalue weighted by molar-refractivity contribution is 0.376. The van der Waals surface area contributed by atoms with Gasteiger partial charge < -0.3 is 11.1 Å². The SMILES string of the molecule is CCC(CC)(CNC1CCCC1CN)SC. The number of hydrogen-bond acceptors (Lipinski definition) is 3. The first-order valence-corrected chi connectivity index (χ1v) is 7.92. The van der Waals surface area contributed by atoms with Gasteiger partial charge >= 0.3 is 0 Å². The van der Waals surface area contributed by atoms with Gasteiger partial charge in [-0.25, -0.2) is 0 Å². The van der Waals surface area contributed by atoms with Crippen LogP contribution in [0.5, 0.6) is 0 Å². The molecule has 0 aromatic heterocycles. The smallest absolute Gasteiger partial charge is 0.0276 e. The van der Waals surface area contributed by atoms with E-state index in [9.17, 15) is 0 Å². The third-order valence-corrected chi connectivity index (χ3v) is 5.96. The molecule has 0 spiro atoms. The third kappa shape index (κ3) is 3.38. The van der Waals surface area contributed by atoms with Crippen molar-refractivity contribution in [2.45, 2.75) is 56.7 Å². The van der Waals surface area contributed by atoms with Gasteiger partial charge in [0.1, 0.15) is 0 Å². The summed E-state index contributed by atoms with van der Waals surface area (Å²) in [5, 5.41) is 3.78. The van der Waals surface area contributed by atoms with Crippen LogP contribution >= 0.6 is 11.8 Å². The van der Waals surface area contributed by atoms with Crippen LogP contribution in [0.25, 0.3) is 0 Å². The minimum Gasteiger partial charge on any atom is -0.330 e. The minimum atomic E-state index is 0.432. The van der Waals surface area contributed by atoms with Crippen LogP contribution in [0.4, 0.5) is 0 Å². The largest absolute Gasteiger partial charge is 0.330 e. The summed E-state index contributed by atoms with van der Waals surface area (Å²) < 4.78 is 0.432. The van der Waals surface area contributed by atoms with E-state index in [1.54, 1.807) is 0 Å². The zero-order chi connectivity index (χ0) is 12.0. The van der Waals surface area contributed by atoms with Crippen molar-refractivity contribution >= 4 is 11.8 Å². The Morgan fingerprint density at radius 1 is 1.31 bits per heavy atom. The minimum absolute atomic E-state index is 0.432. The van der Waals surface area contributed by atoms with Gasteiger partial charge in [-0.05, 0) is 44.4 Å². The van der Waals surface area contributed by atoms with Crippen molar-refractivity contribution in [1.29, 1.82) is 0 Å². The van der Waals surface area contributed by atoms with Gasteiger partial charge in [0.05, 0.1) is 0 Å². The fourth-order valence-corrected chi connectivity index (χ4v) is 3.57. The van der Waals surface area contributed by atoms with Gasteiger partial charge in [-0.3, -0.25) is 0 Å². The van der Waals surface area contributed by atoms with Crippen molar-refractivity contribution in [3.05, 3.63) is 0 Å². The first kappa shape index (κ1) is 14.3. The predicted octanol–water partition coefficient (Wildman–Crippen LogP) is 2.63. The van der Waals surface area contributed by atoms with E-state index in [4.69, 9.17) is 5.73 Å². The van der Waals surface area contributed by atoms with E-state index in [0.29, 0.717) is 16.7 Å². The maximum Gasteiger partial charge on any atom is 0.0276 e. The van der Waals surface area contributed by atoms with E-state index in [1.165, 1.54) is 32.1 Å². The van der Waals surface area contributed by atoms with E-state index < -0.39 is 0 Å². The van der Waals surface area contributed by atoms with Crippen LogP contribution in [0.15, 0.2) is 0 Å². The fraction of sp³-hybridized carbons (Fsp3) is 1.00. The Hall–Kier alpha value is 0.270. The van der Waals surface area contributed by atoms with Gasteiger partial charge in [-0.2, -0.15) is 11.8 Å². The number of hydrogen-bond donors (Lipinski definition) is 2. The van der Waals surface area contributed by atoms with Crippen LogP contribution in [0.2, 0.25) is 0 Å². The van der Waals surface area contributed by atoms with E-state index in [0.717, 1.165) is 13.1 Å². The van der Waals surface area contributed by atoms with Gasteiger partial charge in [0.2, 0.25) is 0 Å². The van der Waals surface area contributed by atoms with E-state index in [-0.39, 0.29) is 0 Å². The highest BCUT2D eigenvalue weighted by molar-refractivity contribution is 8.00. The molecule has 96 valence electrons. The van der Waals surface area contributed by atoms with E-state index >= 15 is 0 Å². The molecule has 2 nitrogen and oxygen atoms in total. The summed E-state index contributed by atoms with van der Waals surface area (Å²) in [6.45, 7) is 6.60. The topological polar surface area (TPSA) is 38.0 Å². The average Bonchev–Trinajstić information content (AvgIpc) is 2.79. The molecule has 3 N–H and O–H groups in total. The summed E-state index contributed by atoms with van der Waals surface area (Å²) >= 11 is 2.02. The van der Waals surface area contributed by atoms with Crippen molar-refractivity contribution < 1.29 is 0 Å². The molecule has 3 heteroatoms. The molecule has 1 fully saturated rings. The molecular weight excluding hydrogens is 216 g/mol. The Morgan fingerprint density at radius 2 is 2.00 bits per heavy atom. The predicted molar refractivity (Wildman–Crippen MR) is 75.0 cm³/mol. The molecule has 0 aliphatic heterocycles. The van der Waals surface area contributed by atoms with E-state index in [2.05, 4.69) is 25.4 Å². The standard InChI is InChI=1S/C13H28N2S/c1-4-13(5-2,16-3)10-15-12-8-6-7-11(12)9-14/h11-12,15H,4-10,14H2,1-3H3. The van der Waals surface area contributed by atoms with Crippen LogP contribution in [0.1, 0.15) is 46.0 Å². The Kier molecular flexibility index (Phi) is 6.16. The summed E-state index contributed by atoms with van der Waals surface area (Å²) in [4.78, 5) is 0. The summed E-state index contributed by atoms with van der Waals surface area (Å²) in [7, 11) is 0. The van der Waals surface area contributed by atoms with Crippen LogP contribution in [-0.4, -0.2) is 30.1 Å². The Bertz CT molecular complexity index is 184. The lowest BCUT2D eigenvalue weighted by Crippen LogP contribution is -2.44. The normalized spacial score (nSPS) is 26.2. The zero-order valence-electron chi connectivity index (χ0n) is 11.1. The Balaban J connectivity index is 2.42. The maximum atomic E-state index is 5.82. The molecule has 1 saturated carbocycles. The second-order valence-electron chi connectivity index (χ2n) is 5.01. The molecule has 0 bridgehead atoms. The van der Waals surface area contributed by atoms with Gasteiger partial charge in [0.25, 0.3) is 0 Å². The maximum absolute atomic E-state index is 5.82. The molecular formula is C13H28N2S. The first-order valence-electron chi connectivity index (χ1n) is 6.70. The van der Waals surface area contributed by atoms with Crippen molar-refractivity contribution in [2.75, 3.05) is 19.3 Å². The lowest BCUT2D eigenvalue weighted by atomic mass is 9.99. The number of nitrogens with one attached hydrogen (secondary N) is 1. The molecule has 0 saturated heterocycles. The van der Waals surface area contributed by atoms with Crippen molar-refractivity contribution in [1.82, 2.24) is 5.32 Å². The highest BCUT2D eigenvalue weighted by Gasteiger charge is 2.30. The highest BCUT2D eigenvalue weighted by Crippen LogP contribution is 2.31. The molecule has 1 aliphatic carbocycles. The molecule has 0 amide bonds. The Morgan fingerprint density at radius 3 is 2.50 bits per heavy atom. The molecule has 0 aromatic carbocycles. The molecule has 2 unspecified atom stereocenters. The summed E-state index contributed by atoms with van der Waals surface area (Å²) in [5.74, 6) is 0.716. The monoisotopic (exact) mass is 244 g/mol. The molecule has 16 heavy (non-hydrogen) atoms. The Labute approximate surface area is 105 Å². The summed E-state index contributed by atoms with van der Waals surface area (Å²) in [6.07, 6.45) is 8.72. The molecule has 0 heterocycles. The summed E-state index contributed by atoms with van der Waals surface area (Å²) in [6, 6.07) is 0.676. The highest BCUT2D eigenvalue weighted by atomic mass is 32.2. The second-order valence-corrected chi connectivity index (χ2v) is 6.28.